The molecule has 13 heavy (non-hydrogen) atoms. The average Bonchev–Trinajstić information content (AvgIpc) is 1.97. The highest BCUT2D eigenvalue weighted by molar-refractivity contribution is 7.88. The Bertz CT molecular complexity index is 214. The zero-order valence-corrected chi connectivity index (χ0v) is 9.45. The second-order valence-electron chi connectivity index (χ2n) is 3.31. The maximum absolute atomic E-state index is 10.7. The van der Waals surface area contributed by atoms with E-state index in [0.29, 0.717) is 19.1 Å². The zero-order valence-electron chi connectivity index (χ0n) is 8.63. The molecule has 0 rings (SSSR count). The van der Waals surface area contributed by atoms with Crippen LogP contribution >= 0.6 is 0 Å². The smallest absolute Gasteiger partial charge is 0.208 e. The van der Waals surface area contributed by atoms with Crippen molar-refractivity contribution in [1.82, 2.24) is 10.0 Å². The molecule has 0 amide bonds. The Balaban J connectivity index is 3.36. The van der Waals surface area contributed by atoms with Crippen LogP contribution in [0.25, 0.3) is 0 Å². The summed E-state index contributed by atoms with van der Waals surface area (Å²) in [6.45, 7) is 5.39. The van der Waals surface area contributed by atoms with Gasteiger partial charge in [0.05, 0.1) is 6.26 Å². The van der Waals surface area contributed by atoms with Gasteiger partial charge < -0.3 is 5.32 Å². The van der Waals surface area contributed by atoms with Gasteiger partial charge in [0.15, 0.2) is 0 Å². The summed E-state index contributed by atoms with van der Waals surface area (Å²) in [6, 6.07) is 0.464. The third-order valence-electron chi connectivity index (χ3n) is 1.70. The van der Waals surface area contributed by atoms with Crippen LogP contribution in [0.15, 0.2) is 0 Å². The largest absolute Gasteiger partial charge is 0.313 e. The van der Waals surface area contributed by atoms with Crippen LogP contribution in [0.5, 0.6) is 0 Å². The number of hydrogen-bond acceptors (Lipinski definition) is 3. The molecular formula is C8H20N2O2S. The number of sulfonamides is 1. The van der Waals surface area contributed by atoms with E-state index in [-0.39, 0.29) is 0 Å². The van der Waals surface area contributed by atoms with Crippen LogP contribution in [0.2, 0.25) is 0 Å². The van der Waals surface area contributed by atoms with E-state index in [0.717, 1.165) is 12.8 Å². The predicted molar refractivity (Wildman–Crippen MR) is 55.2 cm³/mol. The topological polar surface area (TPSA) is 58.2 Å². The van der Waals surface area contributed by atoms with Crippen molar-refractivity contribution in [3.63, 3.8) is 0 Å². The molecule has 0 spiro atoms. The lowest BCUT2D eigenvalue weighted by Gasteiger charge is -2.12. The Morgan fingerprint density at radius 2 is 1.92 bits per heavy atom. The van der Waals surface area contributed by atoms with Crippen LogP contribution in [-0.4, -0.2) is 33.8 Å². The lowest BCUT2D eigenvalue weighted by molar-refractivity contribution is 0.507. The average molecular weight is 208 g/mol. The molecule has 0 aromatic rings. The molecule has 2 N–H and O–H groups in total. The summed E-state index contributed by atoms with van der Waals surface area (Å²) in [5.41, 5.74) is 0. The fraction of sp³-hybridized carbons (Fsp3) is 1.00. The fourth-order valence-corrected chi connectivity index (χ4v) is 1.56. The monoisotopic (exact) mass is 208 g/mol. The molecule has 4 nitrogen and oxygen atoms in total. The van der Waals surface area contributed by atoms with E-state index in [1.54, 1.807) is 0 Å². The van der Waals surface area contributed by atoms with Gasteiger partial charge in [-0.25, -0.2) is 13.1 Å². The van der Waals surface area contributed by atoms with E-state index in [1.165, 1.54) is 6.26 Å². The molecule has 0 aromatic carbocycles. The van der Waals surface area contributed by atoms with Crippen molar-refractivity contribution in [2.75, 3.05) is 19.3 Å². The first-order valence-corrected chi connectivity index (χ1v) is 6.53. The van der Waals surface area contributed by atoms with Gasteiger partial charge in [-0.05, 0) is 13.3 Å². The predicted octanol–water partition coefficient (Wildman–Crippen LogP) is 0.314. The highest BCUT2D eigenvalue weighted by Gasteiger charge is 2.01. The molecule has 0 heterocycles. The Labute approximate surface area is 81.2 Å². The van der Waals surface area contributed by atoms with Crippen LogP contribution in [0.1, 0.15) is 26.7 Å². The molecule has 1 atom stereocenters. The molecule has 1 unspecified atom stereocenters. The van der Waals surface area contributed by atoms with Gasteiger partial charge in [-0.15, -0.1) is 0 Å². The molecule has 80 valence electrons. The SMILES string of the molecule is CCCC(C)NCCNS(C)(=O)=O. The quantitative estimate of drug-likeness (QED) is 0.592. The Hall–Kier alpha value is -0.130. The van der Waals surface area contributed by atoms with E-state index < -0.39 is 10.0 Å². The van der Waals surface area contributed by atoms with Crippen molar-refractivity contribution in [1.29, 1.82) is 0 Å². The minimum atomic E-state index is -3.02. The molecule has 0 aromatic heterocycles. The third kappa shape index (κ3) is 9.79. The van der Waals surface area contributed by atoms with Gasteiger partial charge in [0.25, 0.3) is 0 Å². The lowest BCUT2D eigenvalue weighted by Crippen LogP contribution is -2.35. The normalized spacial score (nSPS) is 14.4. The van der Waals surface area contributed by atoms with Crippen molar-refractivity contribution in [3.8, 4) is 0 Å². The van der Waals surface area contributed by atoms with Gasteiger partial charge >= 0.3 is 0 Å². The van der Waals surface area contributed by atoms with Gasteiger partial charge in [0.2, 0.25) is 10.0 Å². The molecule has 5 heteroatoms. The molecule has 0 aliphatic rings. The first-order chi connectivity index (χ1) is 5.95. The van der Waals surface area contributed by atoms with Crippen LogP contribution in [0.4, 0.5) is 0 Å². The maximum atomic E-state index is 10.7. The van der Waals surface area contributed by atoms with Crippen molar-refractivity contribution < 1.29 is 8.42 Å². The van der Waals surface area contributed by atoms with Crippen LogP contribution in [-0.2, 0) is 10.0 Å². The number of hydrogen-bond donors (Lipinski definition) is 2. The minimum Gasteiger partial charge on any atom is -0.313 e. The first kappa shape index (κ1) is 12.9. The summed E-state index contributed by atoms with van der Waals surface area (Å²) in [5, 5.41) is 3.23. The van der Waals surface area contributed by atoms with Gasteiger partial charge in [0, 0.05) is 19.1 Å². The van der Waals surface area contributed by atoms with Crippen molar-refractivity contribution >= 4 is 10.0 Å². The Kier molecular flexibility index (Phi) is 6.28. The van der Waals surface area contributed by atoms with Crippen molar-refractivity contribution in [2.45, 2.75) is 32.7 Å². The lowest BCUT2D eigenvalue weighted by atomic mass is 10.2. The minimum absolute atomic E-state index is 0.464. The highest BCUT2D eigenvalue weighted by Crippen LogP contribution is 1.93. The molecular weight excluding hydrogens is 188 g/mol. The van der Waals surface area contributed by atoms with Crippen LogP contribution < -0.4 is 10.0 Å². The second-order valence-corrected chi connectivity index (χ2v) is 5.14. The van der Waals surface area contributed by atoms with Gasteiger partial charge in [-0.3, -0.25) is 0 Å². The second kappa shape index (κ2) is 6.34. The molecule has 0 radical (unpaired) electrons. The summed E-state index contributed by atoms with van der Waals surface area (Å²) < 4.78 is 23.8. The molecule has 0 saturated carbocycles. The summed E-state index contributed by atoms with van der Waals surface area (Å²) in [4.78, 5) is 0. The standard InChI is InChI=1S/C8H20N2O2S/c1-4-5-8(2)9-6-7-10-13(3,11)12/h8-10H,4-7H2,1-3H3. The van der Waals surface area contributed by atoms with E-state index in [4.69, 9.17) is 0 Å². The third-order valence-corrected chi connectivity index (χ3v) is 2.43. The van der Waals surface area contributed by atoms with Crippen LogP contribution in [0, 0.1) is 0 Å². The molecule has 0 aliphatic heterocycles. The van der Waals surface area contributed by atoms with E-state index >= 15 is 0 Å². The molecule has 0 fully saturated rings. The Morgan fingerprint density at radius 3 is 2.38 bits per heavy atom. The summed E-state index contributed by atoms with van der Waals surface area (Å²) in [7, 11) is -3.02. The van der Waals surface area contributed by atoms with Crippen molar-refractivity contribution in [2.24, 2.45) is 0 Å². The molecule has 0 aliphatic carbocycles. The zero-order chi connectivity index (χ0) is 10.3. The van der Waals surface area contributed by atoms with E-state index in [9.17, 15) is 8.42 Å². The van der Waals surface area contributed by atoms with Gasteiger partial charge in [-0.1, -0.05) is 13.3 Å². The highest BCUT2D eigenvalue weighted by atomic mass is 32.2. The Morgan fingerprint density at radius 1 is 1.31 bits per heavy atom. The van der Waals surface area contributed by atoms with Crippen LogP contribution in [0.3, 0.4) is 0 Å². The van der Waals surface area contributed by atoms with Gasteiger partial charge in [0.1, 0.15) is 0 Å². The van der Waals surface area contributed by atoms with Gasteiger partial charge in [-0.2, -0.15) is 0 Å². The fourth-order valence-electron chi connectivity index (χ4n) is 1.09. The summed E-state index contributed by atoms with van der Waals surface area (Å²) >= 11 is 0. The first-order valence-electron chi connectivity index (χ1n) is 4.63. The summed E-state index contributed by atoms with van der Waals surface area (Å²) in [5.74, 6) is 0. The van der Waals surface area contributed by atoms with E-state index in [2.05, 4.69) is 23.9 Å². The molecule has 0 bridgehead atoms. The number of nitrogens with one attached hydrogen (secondary N) is 2. The van der Waals surface area contributed by atoms with E-state index in [1.807, 2.05) is 0 Å². The molecule has 0 saturated heterocycles. The maximum Gasteiger partial charge on any atom is 0.208 e. The number of rotatable bonds is 7. The summed E-state index contributed by atoms with van der Waals surface area (Å²) in [6.07, 6.45) is 3.44. The van der Waals surface area contributed by atoms with Crippen molar-refractivity contribution in [3.05, 3.63) is 0 Å².